The molecule has 0 aromatic carbocycles. The van der Waals surface area contributed by atoms with E-state index >= 15 is 0 Å². The average Bonchev–Trinajstić information content (AvgIpc) is 3.38. The summed E-state index contributed by atoms with van der Waals surface area (Å²) in [4.78, 5) is 0. The van der Waals surface area contributed by atoms with Crippen molar-refractivity contribution in [1.29, 1.82) is 0 Å². The Morgan fingerprint density at radius 3 is 0.634 bits per heavy atom. The van der Waals surface area contributed by atoms with Crippen molar-refractivity contribution in [3.8, 4) is 0 Å². The first kappa shape index (κ1) is 70.0. The molecular formula is C47H97NO23. The first-order chi connectivity index (χ1) is 35.3. The zero-order chi connectivity index (χ0) is 51.1. The summed E-state index contributed by atoms with van der Waals surface area (Å²) in [6, 6.07) is 0. The highest BCUT2D eigenvalue weighted by Gasteiger charge is 2.24. The molecule has 0 spiro atoms. The van der Waals surface area contributed by atoms with E-state index in [1.807, 2.05) is 6.92 Å². The molecule has 0 amide bonds. The van der Waals surface area contributed by atoms with Gasteiger partial charge in [0, 0.05) is 13.2 Å². The molecule has 71 heavy (non-hydrogen) atoms. The van der Waals surface area contributed by atoms with Gasteiger partial charge in [0.25, 0.3) is 0 Å². The summed E-state index contributed by atoms with van der Waals surface area (Å²) in [7, 11) is 0. The van der Waals surface area contributed by atoms with Crippen LogP contribution in [-0.4, -0.2) is 306 Å². The molecule has 0 bridgehead atoms. The van der Waals surface area contributed by atoms with Gasteiger partial charge >= 0.3 is 0 Å². The highest BCUT2D eigenvalue weighted by atomic mass is 16.6. The van der Waals surface area contributed by atoms with Crippen molar-refractivity contribution >= 4 is 0 Å². The van der Waals surface area contributed by atoms with E-state index < -0.39 is 12.2 Å². The van der Waals surface area contributed by atoms with E-state index in [1.165, 1.54) is 0 Å². The number of aliphatic hydroxyl groups is 2. The second-order valence-electron chi connectivity index (χ2n) is 14.6. The lowest BCUT2D eigenvalue weighted by molar-refractivity contribution is -0.142. The maximum absolute atomic E-state index is 8.99. The molecule has 0 aromatic rings. The third kappa shape index (κ3) is 59.8. The molecule has 24 nitrogen and oxygen atoms in total. The number of rotatable bonds is 66. The maximum Gasteiger partial charge on any atom is 0.109 e. The van der Waals surface area contributed by atoms with Gasteiger partial charge in [0.15, 0.2) is 0 Å². The Balaban J connectivity index is 3.56. The molecule has 0 radical (unpaired) electrons. The van der Waals surface area contributed by atoms with E-state index in [1.54, 1.807) is 0 Å². The van der Waals surface area contributed by atoms with Gasteiger partial charge in [-0.2, -0.15) is 0 Å². The summed E-state index contributed by atoms with van der Waals surface area (Å²) in [5, 5.41) is 18.0. The van der Waals surface area contributed by atoms with Crippen LogP contribution in [0.15, 0.2) is 0 Å². The van der Waals surface area contributed by atoms with Gasteiger partial charge in [-0.05, 0) is 6.42 Å². The molecule has 0 aliphatic heterocycles. The van der Waals surface area contributed by atoms with Gasteiger partial charge in [0.1, 0.15) is 12.2 Å². The SMILES string of the molecule is CCCOCCOCC(OCCOCCO)C(COCCOCCOCCOCCOCCOCCOCCOCCOCCOCCOCCOCCOCCOCCOCCN)OCCOCCO. The summed E-state index contributed by atoms with van der Waals surface area (Å²) in [5.74, 6) is 0. The molecule has 4 N–H and O–H groups in total. The summed E-state index contributed by atoms with van der Waals surface area (Å²) in [6.07, 6.45) is 0.0187. The van der Waals surface area contributed by atoms with Crippen LogP contribution in [0.25, 0.3) is 0 Å². The zero-order valence-corrected chi connectivity index (χ0v) is 43.3. The van der Waals surface area contributed by atoms with Crippen molar-refractivity contribution in [2.24, 2.45) is 5.73 Å². The molecule has 0 aliphatic carbocycles. The first-order valence-corrected chi connectivity index (χ1v) is 25.4. The molecule has 24 heteroatoms. The van der Waals surface area contributed by atoms with Crippen LogP contribution in [0.2, 0.25) is 0 Å². The van der Waals surface area contributed by atoms with Crippen LogP contribution >= 0.6 is 0 Å². The van der Waals surface area contributed by atoms with Crippen LogP contribution in [0.5, 0.6) is 0 Å². The van der Waals surface area contributed by atoms with E-state index in [9.17, 15) is 0 Å². The minimum atomic E-state index is -0.464. The van der Waals surface area contributed by atoms with Crippen molar-refractivity contribution in [3.05, 3.63) is 0 Å². The van der Waals surface area contributed by atoms with Gasteiger partial charge in [0.2, 0.25) is 0 Å². The fourth-order valence-electron chi connectivity index (χ4n) is 5.30. The Labute approximate surface area is 424 Å². The maximum atomic E-state index is 8.99. The Bertz CT molecular complexity index is 945. The lowest BCUT2D eigenvalue weighted by atomic mass is 10.2. The largest absolute Gasteiger partial charge is 0.394 e. The molecule has 0 heterocycles. The summed E-state index contributed by atoms with van der Waals surface area (Å²) in [6.45, 7) is 20.0. The molecular weight excluding hydrogens is 947 g/mol. The molecule has 2 atom stereocenters. The number of nitrogens with two attached hydrogens (primary N) is 1. The van der Waals surface area contributed by atoms with Crippen molar-refractivity contribution in [2.45, 2.75) is 25.6 Å². The van der Waals surface area contributed by atoms with Gasteiger partial charge in [-0.3, -0.25) is 0 Å². The van der Waals surface area contributed by atoms with Crippen LogP contribution in [-0.2, 0) is 99.5 Å². The highest BCUT2D eigenvalue weighted by molar-refractivity contribution is 4.71. The third-order valence-corrected chi connectivity index (χ3v) is 8.76. The number of hydrogen-bond acceptors (Lipinski definition) is 24. The lowest BCUT2D eigenvalue weighted by Crippen LogP contribution is -2.41. The molecule has 0 aliphatic rings. The zero-order valence-electron chi connectivity index (χ0n) is 43.3. The highest BCUT2D eigenvalue weighted by Crippen LogP contribution is 2.08. The van der Waals surface area contributed by atoms with E-state index in [2.05, 4.69) is 0 Å². The monoisotopic (exact) mass is 1040 g/mol. The lowest BCUT2D eigenvalue weighted by Gasteiger charge is -2.27. The quantitative estimate of drug-likeness (QED) is 0.0644. The Kier molecular flexibility index (Phi) is 64.3. The van der Waals surface area contributed by atoms with Crippen LogP contribution in [0.3, 0.4) is 0 Å². The van der Waals surface area contributed by atoms with Crippen molar-refractivity contribution in [1.82, 2.24) is 0 Å². The molecule has 428 valence electrons. The molecule has 0 saturated heterocycles. The van der Waals surface area contributed by atoms with E-state index in [4.69, 9.17) is 115 Å². The number of hydrogen-bond donors (Lipinski definition) is 3. The van der Waals surface area contributed by atoms with Crippen LogP contribution in [0.1, 0.15) is 13.3 Å². The second kappa shape index (κ2) is 65.2. The molecule has 2 unspecified atom stereocenters. The minimum absolute atomic E-state index is 0.0622. The van der Waals surface area contributed by atoms with E-state index in [0.29, 0.717) is 231 Å². The predicted octanol–water partition coefficient (Wildman–Crippen LogP) is -0.575. The van der Waals surface area contributed by atoms with E-state index in [-0.39, 0.29) is 52.9 Å². The predicted molar refractivity (Wildman–Crippen MR) is 259 cm³/mol. The third-order valence-electron chi connectivity index (χ3n) is 8.76. The fraction of sp³-hybridized carbons (Fsp3) is 1.00. The first-order valence-electron chi connectivity index (χ1n) is 25.4. The topological polar surface area (TPSA) is 260 Å². The van der Waals surface area contributed by atoms with Crippen LogP contribution in [0.4, 0.5) is 0 Å². The fourth-order valence-corrected chi connectivity index (χ4v) is 5.30. The minimum Gasteiger partial charge on any atom is -0.394 e. The molecule has 0 saturated carbocycles. The second-order valence-corrected chi connectivity index (χ2v) is 14.6. The van der Waals surface area contributed by atoms with Gasteiger partial charge in [-0.1, -0.05) is 6.92 Å². The molecule has 0 rings (SSSR count). The summed E-state index contributed by atoms with van der Waals surface area (Å²) >= 11 is 0. The van der Waals surface area contributed by atoms with Crippen LogP contribution < -0.4 is 5.73 Å². The van der Waals surface area contributed by atoms with Gasteiger partial charge < -0.3 is 115 Å². The van der Waals surface area contributed by atoms with Gasteiger partial charge in [0.05, 0.1) is 271 Å². The standard InChI is InChI=1S/C47H97NO23/c1-2-6-51-36-38-68-44-46(70-42-40-53-8-4-49)47(71-43-41-54-9-5-50)45-69-39-37-67-35-34-66-33-32-65-31-30-64-29-28-63-27-26-62-25-24-61-23-22-60-21-20-59-19-18-58-17-16-57-15-14-56-13-12-55-11-10-52-7-3-48/h46-47,49-50H,2-45,48H2,1H3. The van der Waals surface area contributed by atoms with Crippen molar-refractivity contribution in [3.63, 3.8) is 0 Å². The normalized spacial score (nSPS) is 12.7. The van der Waals surface area contributed by atoms with Gasteiger partial charge in [-0.25, -0.2) is 0 Å². The van der Waals surface area contributed by atoms with Gasteiger partial charge in [-0.15, -0.1) is 0 Å². The Morgan fingerprint density at radius 1 is 0.239 bits per heavy atom. The average molecular weight is 1040 g/mol. The van der Waals surface area contributed by atoms with Crippen molar-refractivity contribution in [2.75, 3.05) is 284 Å². The number of aliphatic hydroxyl groups excluding tert-OH is 2. The van der Waals surface area contributed by atoms with Crippen LogP contribution in [0, 0.1) is 0 Å². The summed E-state index contributed by atoms with van der Waals surface area (Å²) in [5.41, 5.74) is 5.34. The smallest absolute Gasteiger partial charge is 0.109 e. The van der Waals surface area contributed by atoms with Crippen molar-refractivity contribution < 1.29 is 110 Å². The molecule has 0 fully saturated rings. The van der Waals surface area contributed by atoms with E-state index in [0.717, 1.165) is 6.42 Å². The Morgan fingerprint density at radius 2 is 0.423 bits per heavy atom. The Hall–Kier alpha value is -0.960. The number of ether oxygens (including phenoxy) is 21. The molecule has 0 aromatic heterocycles. The summed E-state index contributed by atoms with van der Waals surface area (Å²) < 4.78 is 117.